The summed E-state index contributed by atoms with van der Waals surface area (Å²) in [5.41, 5.74) is 2.71. The minimum atomic E-state index is -0.451. The molecule has 0 spiro atoms. The Morgan fingerprint density at radius 1 is 1.41 bits per heavy atom. The second-order valence-electron chi connectivity index (χ2n) is 4.87. The fourth-order valence-corrected chi connectivity index (χ4v) is 3.13. The summed E-state index contributed by atoms with van der Waals surface area (Å²) >= 11 is 7.55. The van der Waals surface area contributed by atoms with Crippen molar-refractivity contribution in [3.63, 3.8) is 0 Å². The molecule has 0 atom stereocenters. The number of hydrogen-bond donors (Lipinski definition) is 0. The number of imidazole rings is 1. The number of carbonyl (C=O) groups excluding carboxylic acids is 1. The van der Waals surface area contributed by atoms with Crippen molar-refractivity contribution in [2.45, 2.75) is 13.8 Å². The number of rotatable bonds is 3. The molecule has 1 aromatic carbocycles. The van der Waals surface area contributed by atoms with Gasteiger partial charge in [-0.3, -0.25) is 4.40 Å². The molecule has 0 bridgehead atoms. The van der Waals surface area contributed by atoms with Crippen molar-refractivity contribution in [1.29, 1.82) is 0 Å². The van der Waals surface area contributed by atoms with Gasteiger partial charge in [0.1, 0.15) is 5.75 Å². The lowest BCUT2D eigenvalue weighted by molar-refractivity contribution is -0.128. The molecule has 0 saturated heterocycles. The predicted octanol–water partition coefficient (Wildman–Crippen LogP) is 4.28. The maximum Gasteiger partial charge on any atom is 0.336 e. The first kappa shape index (κ1) is 14.8. The third-order valence-corrected chi connectivity index (χ3v) is 4.21. The minimum absolute atomic E-state index is 0.363. The summed E-state index contributed by atoms with van der Waals surface area (Å²) in [7, 11) is 0. The van der Waals surface area contributed by atoms with Gasteiger partial charge in [-0.1, -0.05) is 29.3 Å². The van der Waals surface area contributed by atoms with E-state index in [9.17, 15) is 4.79 Å². The van der Waals surface area contributed by atoms with Crippen LogP contribution >= 0.6 is 22.9 Å². The zero-order chi connectivity index (χ0) is 15.7. The molecule has 0 unspecified atom stereocenters. The number of fused-ring (bicyclic) bond motifs is 1. The van der Waals surface area contributed by atoms with Crippen molar-refractivity contribution in [2.24, 2.45) is 0 Å². The van der Waals surface area contributed by atoms with E-state index < -0.39 is 5.97 Å². The van der Waals surface area contributed by atoms with Crippen LogP contribution in [-0.2, 0) is 4.79 Å². The van der Waals surface area contributed by atoms with Crippen molar-refractivity contribution < 1.29 is 9.53 Å². The molecular formula is C16H13ClN2O2S. The zero-order valence-corrected chi connectivity index (χ0v) is 13.6. The Balaban J connectivity index is 1.79. The Bertz CT molecular complexity index is 880. The minimum Gasteiger partial charge on any atom is -0.423 e. The SMILES string of the molecule is Cc1ccc(OC(=O)/C=C/c2c(Cl)nc3sccn23)c(C)c1. The van der Waals surface area contributed by atoms with E-state index in [0.29, 0.717) is 16.6 Å². The molecule has 0 aliphatic heterocycles. The van der Waals surface area contributed by atoms with Gasteiger partial charge in [-0.2, -0.15) is 0 Å². The number of aryl methyl sites for hydroxylation is 2. The van der Waals surface area contributed by atoms with Crippen molar-refractivity contribution in [2.75, 3.05) is 0 Å². The second kappa shape index (κ2) is 5.94. The number of benzene rings is 1. The monoisotopic (exact) mass is 332 g/mol. The Labute approximate surface area is 136 Å². The van der Waals surface area contributed by atoms with Crippen LogP contribution in [0.25, 0.3) is 11.0 Å². The molecule has 0 fully saturated rings. The van der Waals surface area contributed by atoms with E-state index in [1.54, 1.807) is 12.1 Å². The number of thiazole rings is 1. The lowest BCUT2D eigenvalue weighted by atomic mass is 10.1. The lowest BCUT2D eigenvalue weighted by Crippen LogP contribution is -2.05. The molecule has 0 aliphatic carbocycles. The third-order valence-electron chi connectivity index (χ3n) is 3.17. The topological polar surface area (TPSA) is 43.6 Å². The fraction of sp³-hybridized carbons (Fsp3) is 0.125. The molecule has 112 valence electrons. The number of aromatic nitrogens is 2. The van der Waals surface area contributed by atoms with Crippen LogP contribution < -0.4 is 4.74 Å². The molecule has 2 aromatic heterocycles. The van der Waals surface area contributed by atoms with Crippen LogP contribution in [0.2, 0.25) is 5.15 Å². The van der Waals surface area contributed by atoms with Crippen LogP contribution in [0.3, 0.4) is 0 Å². The van der Waals surface area contributed by atoms with Gasteiger partial charge < -0.3 is 4.74 Å². The first-order valence-corrected chi connectivity index (χ1v) is 7.88. The number of hydrogen-bond acceptors (Lipinski definition) is 4. The zero-order valence-electron chi connectivity index (χ0n) is 12.0. The number of esters is 1. The summed E-state index contributed by atoms with van der Waals surface area (Å²) in [6, 6.07) is 5.66. The van der Waals surface area contributed by atoms with Gasteiger partial charge in [0.05, 0.1) is 5.69 Å². The van der Waals surface area contributed by atoms with E-state index in [0.717, 1.165) is 16.1 Å². The van der Waals surface area contributed by atoms with Gasteiger partial charge >= 0.3 is 5.97 Å². The van der Waals surface area contributed by atoms with Crippen molar-refractivity contribution >= 4 is 39.9 Å². The lowest BCUT2D eigenvalue weighted by Gasteiger charge is -2.05. The van der Waals surface area contributed by atoms with E-state index in [2.05, 4.69) is 4.98 Å². The molecule has 2 heterocycles. The van der Waals surface area contributed by atoms with Gasteiger partial charge in [0.2, 0.25) is 0 Å². The molecule has 4 nitrogen and oxygen atoms in total. The van der Waals surface area contributed by atoms with Crippen molar-refractivity contribution in [3.05, 3.63) is 57.8 Å². The number of halogens is 1. The normalized spacial score (nSPS) is 11.4. The van der Waals surface area contributed by atoms with Gasteiger partial charge in [-0.15, -0.1) is 11.3 Å². The van der Waals surface area contributed by atoms with Gasteiger partial charge in [-0.05, 0) is 31.6 Å². The van der Waals surface area contributed by atoms with Crippen molar-refractivity contribution in [3.8, 4) is 5.75 Å². The van der Waals surface area contributed by atoms with E-state index in [1.165, 1.54) is 17.4 Å². The largest absolute Gasteiger partial charge is 0.423 e. The summed E-state index contributed by atoms with van der Waals surface area (Å²) in [5, 5.41) is 2.27. The van der Waals surface area contributed by atoms with E-state index in [-0.39, 0.29) is 0 Å². The predicted molar refractivity (Wildman–Crippen MR) is 88.7 cm³/mol. The number of nitrogens with zero attached hydrogens (tertiary/aromatic N) is 2. The first-order valence-electron chi connectivity index (χ1n) is 6.63. The standard InChI is InChI=1S/C16H13ClN2O2S/c1-10-3-5-13(11(2)9-10)21-14(20)6-4-12-15(17)18-16-19(12)7-8-22-16/h3-9H,1-2H3/b6-4+. The first-order chi connectivity index (χ1) is 10.5. The quantitative estimate of drug-likeness (QED) is 0.408. The molecule has 3 rings (SSSR count). The number of carbonyl (C=O) groups is 1. The average Bonchev–Trinajstić information content (AvgIpc) is 3.00. The fourth-order valence-electron chi connectivity index (χ4n) is 2.13. The highest BCUT2D eigenvalue weighted by molar-refractivity contribution is 7.15. The average molecular weight is 333 g/mol. The highest BCUT2D eigenvalue weighted by Crippen LogP contribution is 2.23. The van der Waals surface area contributed by atoms with Gasteiger partial charge in [0.15, 0.2) is 10.1 Å². The third kappa shape index (κ3) is 2.91. The highest BCUT2D eigenvalue weighted by Gasteiger charge is 2.09. The Kier molecular flexibility index (Phi) is 4.00. The summed E-state index contributed by atoms with van der Waals surface area (Å²) < 4.78 is 7.16. The summed E-state index contributed by atoms with van der Waals surface area (Å²) in [4.78, 5) is 16.9. The van der Waals surface area contributed by atoms with Crippen LogP contribution in [0, 0.1) is 13.8 Å². The van der Waals surface area contributed by atoms with Crippen LogP contribution in [0.15, 0.2) is 35.9 Å². The Hall–Kier alpha value is -2.11. The molecule has 0 N–H and O–H groups in total. The summed E-state index contributed by atoms with van der Waals surface area (Å²) in [6.07, 6.45) is 4.82. The molecule has 0 aliphatic rings. The van der Waals surface area contributed by atoms with Crippen LogP contribution in [0.4, 0.5) is 0 Å². The number of ether oxygens (including phenoxy) is 1. The van der Waals surface area contributed by atoms with Gasteiger partial charge in [-0.25, -0.2) is 9.78 Å². The van der Waals surface area contributed by atoms with Gasteiger partial charge in [0, 0.05) is 17.7 Å². The molecule has 0 saturated carbocycles. The molecule has 0 radical (unpaired) electrons. The highest BCUT2D eigenvalue weighted by atomic mass is 35.5. The van der Waals surface area contributed by atoms with Gasteiger partial charge in [0.25, 0.3) is 0 Å². The molecule has 0 amide bonds. The van der Waals surface area contributed by atoms with Crippen molar-refractivity contribution in [1.82, 2.24) is 9.38 Å². The molecular weight excluding hydrogens is 320 g/mol. The maximum atomic E-state index is 12.0. The molecule has 3 aromatic rings. The Morgan fingerprint density at radius 2 is 2.23 bits per heavy atom. The van der Waals surface area contributed by atoms with E-state index in [1.807, 2.05) is 42.0 Å². The summed E-state index contributed by atoms with van der Waals surface area (Å²) in [6.45, 7) is 3.90. The maximum absolute atomic E-state index is 12.0. The van der Waals surface area contributed by atoms with Crippen LogP contribution in [-0.4, -0.2) is 15.4 Å². The molecule has 6 heteroatoms. The van der Waals surface area contributed by atoms with E-state index >= 15 is 0 Å². The van der Waals surface area contributed by atoms with E-state index in [4.69, 9.17) is 16.3 Å². The van der Waals surface area contributed by atoms with Crippen LogP contribution in [0.1, 0.15) is 16.8 Å². The van der Waals surface area contributed by atoms with Crippen LogP contribution in [0.5, 0.6) is 5.75 Å². The molecule has 22 heavy (non-hydrogen) atoms. The summed E-state index contributed by atoms with van der Waals surface area (Å²) in [5.74, 6) is 0.105. The second-order valence-corrected chi connectivity index (χ2v) is 6.10. The Morgan fingerprint density at radius 3 is 3.00 bits per heavy atom. The smallest absolute Gasteiger partial charge is 0.336 e.